The van der Waals surface area contributed by atoms with Crippen LogP contribution in [0.25, 0.3) is 0 Å². The van der Waals surface area contributed by atoms with Crippen LogP contribution in [0.15, 0.2) is 15.7 Å². The molecule has 0 aromatic carbocycles. The molecule has 0 aliphatic carbocycles. The van der Waals surface area contributed by atoms with Crippen molar-refractivity contribution >= 4 is 21.4 Å². The lowest BCUT2D eigenvalue weighted by Crippen LogP contribution is -2.39. The first-order valence-electron chi connectivity index (χ1n) is 4.74. The normalized spacial score (nSPS) is 14.1. The van der Waals surface area contributed by atoms with E-state index in [1.807, 2.05) is 0 Å². The van der Waals surface area contributed by atoms with Crippen molar-refractivity contribution in [1.29, 1.82) is 0 Å². The highest BCUT2D eigenvalue weighted by Gasteiger charge is 2.28. The van der Waals surface area contributed by atoms with E-state index in [-0.39, 0.29) is 16.8 Å². The monoisotopic (exact) mass is 264 g/mol. The number of hydrogen-bond donors (Lipinski definition) is 1. The Morgan fingerprint density at radius 1 is 1.62 bits per heavy atom. The Morgan fingerprint density at radius 2 is 2.25 bits per heavy atom. The molecule has 0 aliphatic heterocycles. The van der Waals surface area contributed by atoms with Crippen molar-refractivity contribution < 1.29 is 13.2 Å². The van der Waals surface area contributed by atoms with Crippen molar-refractivity contribution in [2.24, 2.45) is 5.73 Å². The lowest BCUT2D eigenvalue weighted by Gasteiger charge is -2.22. The van der Waals surface area contributed by atoms with Gasteiger partial charge in [-0.1, -0.05) is 0 Å². The van der Waals surface area contributed by atoms with Gasteiger partial charge in [-0.3, -0.25) is 0 Å². The van der Waals surface area contributed by atoms with Crippen molar-refractivity contribution in [3.05, 3.63) is 11.4 Å². The number of hydrogen-bond acceptors (Lipinski definition) is 5. The van der Waals surface area contributed by atoms with Crippen molar-refractivity contribution in [1.82, 2.24) is 4.31 Å². The maximum absolute atomic E-state index is 12.2. The molecule has 1 atom stereocenters. The second-order valence-corrected chi connectivity index (χ2v) is 6.49. The Balaban J connectivity index is 3.12. The van der Waals surface area contributed by atoms with Crippen LogP contribution in [-0.2, 0) is 10.0 Å². The van der Waals surface area contributed by atoms with Crippen LogP contribution in [0.3, 0.4) is 0 Å². The van der Waals surface area contributed by atoms with Crippen molar-refractivity contribution in [3.8, 4) is 5.75 Å². The molecule has 0 amide bonds. The topological polar surface area (TPSA) is 72.6 Å². The molecule has 1 aromatic heterocycles. The van der Waals surface area contributed by atoms with Crippen molar-refractivity contribution in [2.75, 3.05) is 20.7 Å². The van der Waals surface area contributed by atoms with E-state index in [9.17, 15) is 8.42 Å². The summed E-state index contributed by atoms with van der Waals surface area (Å²) in [6.07, 6.45) is 0. The molecule has 0 spiro atoms. The highest BCUT2D eigenvalue weighted by atomic mass is 32.2. The van der Waals surface area contributed by atoms with E-state index in [0.29, 0.717) is 5.75 Å². The first-order chi connectivity index (χ1) is 7.45. The molecule has 92 valence electrons. The molecule has 1 aromatic rings. The van der Waals surface area contributed by atoms with Gasteiger partial charge in [0.25, 0.3) is 10.0 Å². The summed E-state index contributed by atoms with van der Waals surface area (Å²) in [5.74, 6) is 0.376. The summed E-state index contributed by atoms with van der Waals surface area (Å²) in [5.41, 5.74) is 5.46. The summed E-state index contributed by atoms with van der Waals surface area (Å²) in [7, 11) is -0.531. The molecular weight excluding hydrogens is 248 g/mol. The largest absolute Gasteiger partial charge is 0.494 e. The Bertz CT molecular complexity index is 441. The van der Waals surface area contributed by atoms with Crippen LogP contribution < -0.4 is 10.5 Å². The zero-order valence-corrected chi connectivity index (χ0v) is 11.1. The molecule has 16 heavy (non-hydrogen) atoms. The van der Waals surface area contributed by atoms with E-state index in [1.165, 1.54) is 18.5 Å². The third kappa shape index (κ3) is 2.37. The maximum Gasteiger partial charge on any atom is 0.256 e. The number of sulfonamides is 1. The molecule has 0 bridgehead atoms. The number of methoxy groups -OCH3 is 1. The standard InChI is InChI=1S/C9H16N2O3S2/c1-7(6-10)11(2)16(12,13)9-8(14-3)4-5-15-9/h4-5,7H,6,10H2,1-3H3. The van der Waals surface area contributed by atoms with Gasteiger partial charge in [0.15, 0.2) is 4.21 Å². The van der Waals surface area contributed by atoms with Gasteiger partial charge in [0.1, 0.15) is 5.75 Å². The molecule has 0 radical (unpaired) electrons. The molecule has 0 saturated carbocycles. The number of rotatable bonds is 5. The van der Waals surface area contributed by atoms with Crippen LogP contribution in [0, 0.1) is 0 Å². The quantitative estimate of drug-likeness (QED) is 0.850. The van der Waals surface area contributed by atoms with Crippen LogP contribution in [0.2, 0.25) is 0 Å². The fraction of sp³-hybridized carbons (Fsp3) is 0.556. The number of nitrogens with two attached hydrogens (primary N) is 1. The summed E-state index contributed by atoms with van der Waals surface area (Å²) in [6, 6.07) is 1.40. The molecule has 2 N–H and O–H groups in total. The third-order valence-corrected chi connectivity index (χ3v) is 5.79. The van der Waals surface area contributed by atoms with Crippen molar-refractivity contribution in [3.63, 3.8) is 0 Å². The third-order valence-electron chi connectivity index (χ3n) is 2.39. The van der Waals surface area contributed by atoms with Gasteiger partial charge in [0.2, 0.25) is 0 Å². The highest BCUT2D eigenvalue weighted by Crippen LogP contribution is 2.31. The fourth-order valence-corrected chi connectivity index (χ4v) is 3.95. The molecule has 5 nitrogen and oxygen atoms in total. The van der Waals surface area contributed by atoms with Crippen LogP contribution in [0.4, 0.5) is 0 Å². The zero-order chi connectivity index (χ0) is 12.3. The van der Waals surface area contributed by atoms with Gasteiger partial charge in [0.05, 0.1) is 7.11 Å². The first kappa shape index (κ1) is 13.4. The van der Waals surface area contributed by atoms with E-state index in [0.717, 1.165) is 11.3 Å². The second-order valence-electron chi connectivity index (χ2n) is 3.38. The Kier molecular flexibility index (Phi) is 4.31. The minimum atomic E-state index is -3.50. The average Bonchev–Trinajstić information content (AvgIpc) is 2.75. The number of nitrogens with zero attached hydrogens (tertiary/aromatic N) is 1. The maximum atomic E-state index is 12.2. The van der Waals surface area contributed by atoms with Gasteiger partial charge >= 0.3 is 0 Å². The van der Waals surface area contributed by atoms with Crippen molar-refractivity contribution in [2.45, 2.75) is 17.2 Å². The Labute approximate surface area is 99.9 Å². The molecular formula is C9H16N2O3S2. The zero-order valence-electron chi connectivity index (χ0n) is 9.50. The van der Waals surface area contributed by atoms with Crippen LogP contribution in [-0.4, -0.2) is 39.5 Å². The van der Waals surface area contributed by atoms with Crippen LogP contribution in [0.1, 0.15) is 6.92 Å². The summed E-state index contributed by atoms with van der Waals surface area (Å²) >= 11 is 1.14. The first-order valence-corrected chi connectivity index (χ1v) is 7.06. The van der Waals surface area contributed by atoms with E-state index in [1.54, 1.807) is 18.4 Å². The van der Waals surface area contributed by atoms with E-state index < -0.39 is 10.0 Å². The Hall–Kier alpha value is -0.630. The summed E-state index contributed by atoms with van der Waals surface area (Å²) in [4.78, 5) is 0. The summed E-state index contributed by atoms with van der Waals surface area (Å²) < 4.78 is 30.8. The van der Waals surface area contributed by atoms with Gasteiger partial charge < -0.3 is 10.5 Å². The smallest absolute Gasteiger partial charge is 0.256 e. The van der Waals surface area contributed by atoms with Crippen LogP contribution in [0.5, 0.6) is 5.75 Å². The lowest BCUT2D eigenvalue weighted by atomic mass is 10.4. The number of ether oxygens (including phenoxy) is 1. The van der Waals surface area contributed by atoms with E-state index in [4.69, 9.17) is 10.5 Å². The van der Waals surface area contributed by atoms with Gasteiger partial charge in [-0.2, -0.15) is 4.31 Å². The highest BCUT2D eigenvalue weighted by molar-refractivity contribution is 7.91. The molecule has 0 saturated heterocycles. The molecule has 0 aliphatic rings. The van der Waals surface area contributed by atoms with Crippen LogP contribution >= 0.6 is 11.3 Å². The number of likely N-dealkylation sites (N-methyl/N-ethyl adjacent to an activating group) is 1. The van der Waals surface area contributed by atoms with Gasteiger partial charge in [0, 0.05) is 19.6 Å². The van der Waals surface area contributed by atoms with Gasteiger partial charge in [-0.25, -0.2) is 8.42 Å². The summed E-state index contributed by atoms with van der Waals surface area (Å²) in [5, 5.41) is 1.69. The second kappa shape index (κ2) is 5.13. The van der Waals surface area contributed by atoms with E-state index in [2.05, 4.69) is 0 Å². The fourth-order valence-electron chi connectivity index (χ4n) is 1.14. The number of thiophene rings is 1. The summed E-state index contributed by atoms with van der Waals surface area (Å²) in [6.45, 7) is 2.04. The lowest BCUT2D eigenvalue weighted by molar-refractivity contribution is 0.384. The SMILES string of the molecule is COc1ccsc1S(=O)(=O)N(C)C(C)CN. The van der Waals surface area contributed by atoms with E-state index >= 15 is 0 Å². The molecule has 1 unspecified atom stereocenters. The minimum absolute atomic E-state index is 0.220. The molecule has 7 heteroatoms. The Morgan fingerprint density at radius 3 is 2.75 bits per heavy atom. The molecule has 0 fully saturated rings. The average molecular weight is 264 g/mol. The molecule has 1 heterocycles. The predicted molar refractivity (Wildman–Crippen MR) is 64.3 cm³/mol. The minimum Gasteiger partial charge on any atom is -0.494 e. The predicted octanol–water partition coefficient (Wildman–Crippen LogP) is 0.724. The van der Waals surface area contributed by atoms with Gasteiger partial charge in [-0.15, -0.1) is 11.3 Å². The molecule has 1 rings (SSSR count). The van der Waals surface area contributed by atoms with Gasteiger partial charge in [-0.05, 0) is 18.4 Å².